The van der Waals surface area contributed by atoms with Crippen LogP contribution in [0.25, 0.3) is 0 Å². The van der Waals surface area contributed by atoms with Crippen LogP contribution in [0, 0.1) is 5.41 Å². The molecule has 0 aromatic carbocycles. The van der Waals surface area contributed by atoms with E-state index < -0.39 is 0 Å². The van der Waals surface area contributed by atoms with E-state index in [4.69, 9.17) is 4.74 Å². The van der Waals surface area contributed by atoms with Gasteiger partial charge in [-0.1, -0.05) is 6.42 Å². The molecule has 68 valence electrons. The van der Waals surface area contributed by atoms with Crippen molar-refractivity contribution in [3.05, 3.63) is 0 Å². The minimum atomic E-state index is -0.158. The molecule has 1 N–H and O–H groups in total. The smallest absolute Gasteiger partial charge is 0.313 e. The van der Waals surface area contributed by atoms with Gasteiger partial charge in [0.2, 0.25) is 0 Å². The molecule has 0 unspecified atom stereocenters. The molecule has 1 saturated heterocycles. The zero-order valence-corrected chi connectivity index (χ0v) is 7.43. The highest BCUT2D eigenvalue weighted by Gasteiger charge is 2.52. The van der Waals surface area contributed by atoms with E-state index in [-0.39, 0.29) is 11.4 Å². The summed E-state index contributed by atoms with van der Waals surface area (Å²) in [5.74, 6) is -0.00463. The molecule has 0 spiro atoms. The summed E-state index contributed by atoms with van der Waals surface area (Å²) in [6.07, 6.45) is 4.27. The van der Waals surface area contributed by atoms with Crippen LogP contribution in [0.1, 0.15) is 25.7 Å². The third kappa shape index (κ3) is 0.891. The second-order valence-corrected chi connectivity index (χ2v) is 3.80. The lowest BCUT2D eigenvalue weighted by Crippen LogP contribution is -2.39. The molecule has 1 aliphatic carbocycles. The van der Waals surface area contributed by atoms with Crippen LogP contribution in [0.3, 0.4) is 0 Å². The quantitative estimate of drug-likeness (QED) is 0.587. The molecular formula is C9H15NO2. The molecule has 1 saturated carbocycles. The normalized spacial score (nSPS) is 39.6. The van der Waals surface area contributed by atoms with Crippen molar-refractivity contribution >= 4 is 5.97 Å². The van der Waals surface area contributed by atoms with Crippen LogP contribution in [0.5, 0.6) is 0 Å². The highest BCUT2D eigenvalue weighted by molar-refractivity contribution is 5.78. The van der Waals surface area contributed by atoms with Gasteiger partial charge in [0.1, 0.15) is 0 Å². The first-order chi connectivity index (χ1) is 5.79. The third-order valence-electron chi connectivity index (χ3n) is 3.34. The first-order valence-corrected chi connectivity index (χ1v) is 4.61. The van der Waals surface area contributed by atoms with E-state index in [9.17, 15) is 4.79 Å². The number of esters is 1. The molecule has 1 heterocycles. The lowest BCUT2D eigenvalue weighted by molar-refractivity contribution is -0.152. The molecule has 3 nitrogen and oxygen atoms in total. The van der Waals surface area contributed by atoms with Crippen molar-refractivity contribution < 1.29 is 9.53 Å². The Morgan fingerprint density at radius 1 is 1.58 bits per heavy atom. The van der Waals surface area contributed by atoms with E-state index in [0.29, 0.717) is 6.04 Å². The van der Waals surface area contributed by atoms with Gasteiger partial charge in [0.05, 0.1) is 12.5 Å². The van der Waals surface area contributed by atoms with Crippen molar-refractivity contribution in [3.8, 4) is 0 Å². The van der Waals surface area contributed by atoms with Gasteiger partial charge in [0.25, 0.3) is 0 Å². The Hall–Kier alpha value is -0.570. The summed E-state index contributed by atoms with van der Waals surface area (Å²) in [6, 6.07) is 0.393. The van der Waals surface area contributed by atoms with E-state index in [0.717, 1.165) is 32.2 Å². The number of hydrogen-bond acceptors (Lipinski definition) is 3. The first-order valence-electron chi connectivity index (χ1n) is 4.61. The van der Waals surface area contributed by atoms with E-state index >= 15 is 0 Å². The predicted molar refractivity (Wildman–Crippen MR) is 44.7 cm³/mol. The Kier molecular flexibility index (Phi) is 1.83. The number of rotatable bonds is 1. The van der Waals surface area contributed by atoms with Crippen LogP contribution in [0.2, 0.25) is 0 Å². The Morgan fingerprint density at radius 3 is 3.17 bits per heavy atom. The van der Waals surface area contributed by atoms with E-state index in [1.807, 2.05) is 0 Å². The molecule has 12 heavy (non-hydrogen) atoms. The number of methoxy groups -OCH3 is 1. The van der Waals surface area contributed by atoms with Crippen molar-refractivity contribution in [3.63, 3.8) is 0 Å². The SMILES string of the molecule is COC(=O)[C@@]12CCC[C@@H]1NCC2. The number of ether oxygens (including phenoxy) is 1. The minimum absolute atomic E-state index is 0.00463. The first kappa shape index (κ1) is 8.05. The van der Waals surface area contributed by atoms with Crippen LogP contribution in [-0.2, 0) is 9.53 Å². The van der Waals surface area contributed by atoms with Gasteiger partial charge >= 0.3 is 5.97 Å². The second-order valence-electron chi connectivity index (χ2n) is 3.80. The molecule has 2 aliphatic rings. The summed E-state index contributed by atoms with van der Waals surface area (Å²) in [7, 11) is 1.49. The summed E-state index contributed by atoms with van der Waals surface area (Å²) in [4.78, 5) is 11.6. The fourth-order valence-electron chi connectivity index (χ4n) is 2.69. The van der Waals surface area contributed by atoms with Gasteiger partial charge in [-0.3, -0.25) is 4.79 Å². The summed E-state index contributed by atoms with van der Waals surface area (Å²) in [6.45, 7) is 0.972. The van der Waals surface area contributed by atoms with Gasteiger partial charge in [-0.2, -0.15) is 0 Å². The Balaban J connectivity index is 2.21. The molecule has 2 rings (SSSR count). The standard InChI is InChI=1S/C9H15NO2/c1-12-8(11)9-4-2-3-7(9)10-6-5-9/h7,10H,2-6H2,1H3/t7-,9+/m0/s1. The van der Waals surface area contributed by atoms with E-state index in [2.05, 4.69) is 5.32 Å². The lowest BCUT2D eigenvalue weighted by atomic mass is 9.82. The molecule has 0 radical (unpaired) electrons. The van der Waals surface area contributed by atoms with Crippen LogP contribution < -0.4 is 5.32 Å². The lowest BCUT2D eigenvalue weighted by Gasteiger charge is -2.24. The molecule has 2 atom stereocenters. The topological polar surface area (TPSA) is 38.3 Å². The van der Waals surface area contributed by atoms with Gasteiger partial charge in [-0.05, 0) is 25.8 Å². The maximum atomic E-state index is 11.6. The van der Waals surface area contributed by atoms with Crippen LogP contribution >= 0.6 is 0 Å². The van der Waals surface area contributed by atoms with Gasteiger partial charge in [0, 0.05) is 6.04 Å². The summed E-state index contributed by atoms with van der Waals surface area (Å²) in [5.41, 5.74) is -0.158. The summed E-state index contributed by atoms with van der Waals surface area (Å²) in [5, 5.41) is 3.37. The molecule has 3 heteroatoms. The van der Waals surface area contributed by atoms with Crippen molar-refractivity contribution in [1.29, 1.82) is 0 Å². The van der Waals surface area contributed by atoms with Crippen molar-refractivity contribution in [1.82, 2.24) is 5.32 Å². The van der Waals surface area contributed by atoms with Crippen LogP contribution in [-0.4, -0.2) is 25.7 Å². The molecule has 0 bridgehead atoms. The number of nitrogens with one attached hydrogen (secondary N) is 1. The van der Waals surface area contributed by atoms with Crippen molar-refractivity contribution in [2.75, 3.05) is 13.7 Å². The monoisotopic (exact) mass is 169 g/mol. The highest BCUT2D eigenvalue weighted by Crippen LogP contribution is 2.45. The Bertz CT molecular complexity index is 193. The second kappa shape index (κ2) is 2.73. The minimum Gasteiger partial charge on any atom is -0.469 e. The molecule has 2 fully saturated rings. The van der Waals surface area contributed by atoms with Gasteiger partial charge in [-0.15, -0.1) is 0 Å². The predicted octanol–water partition coefficient (Wildman–Crippen LogP) is 0.692. The summed E-state index contributed by atoms with van der Waals surface area (Å²) < 4.78 is 4.86. The van der Waals surface area contributed by atoms with Crippen LogP contribution in [0.4, 0.5) is 0 Å². The highest BCUT2D eigenvalue weighted by atomic mass is 16.5. The molecular weight excluding hydrogens is 154 g/mol. The molecule has 0 amide bonds. The van der Waals surface area contributed by atoms with Gasteiger partial charge < -0.3 is 10.1 Å². The van der Waals surface area contributed by atoms with Gasteiger partial charge in [-0.25, -0.2) is 0 Å². The molecule has 0 aromatic heterocycles. The average molecular weight is 169 g/mol. The number of carbonyl (C=O) groups is 1. The summed E-state index contributed by atoms with van der Waals surface area (Å²) >= 11 is 0. The van der Waals surface area contributed by atoms with Crippen molar-refractivity contribution in [2.45, 2.75) is 31.7 Å². The maximum absolute atomic E-state index is 11.6. The maximum Gasteiger partial charge on any atom is 0.313 e. The molecule has 1 aliphatic heterocycles. The zero-order chi connectivity index (χ0) is 8.60. The fraction of sp³-hybridized carbons (Fsp3) is 0.889. The zero-order valence-electron chi connectivity index (χ0n) is 7.43. The fourth-order valence-corrected chi connectivity index (χ4v) is 2.69. The van der Waals surface area contributed by atoms with E-state index in [1.165, 1.54) is 7.11 Å². The Morgan fingerprint density at radius 2 is 2.42 bits per heavy atom. The van der Waals surface area contributed by atoms with Crippen molar-refractivity contribution in [2.24, 2.45) is 5.41 Å². The largest absolute Gasteiger partial charge is 0.469 e. The number of hydrogen-bond donors (Lipinski definition) is 1. The third-order valence-corrected chi connectivity index (χ3v) is 3.34. The number of carbonyl (C=O) groups excluding carboxylic acids is 1. The molecule has 0 aromatic rings. The average Bonchev–Trinajstić information content (AvgIpc) is 2.60. The van der Waals surface area contributed by atoms with E-state index in [1.54, 1.807) is 0 Å². The van der Waals surface area contributed by atoms with Crippen LogP contribution in [0.15, 0.2) is 0 Å². The number of fused-ring (bicyclic) bond motifs is 1. The van der Waals surface area contributed by atoms with Gasteiger partial charge in [0.15, 0.2) is 0 Å². The Labute approximate surface area is 72.5 Å².